The molecule has 2 aromatic heterocycles. The largest absolute Gasteiger partial charge is 0.476 e. The van der Waals surface area contributed by atoms with E-state index in [0.717, 1.165) is 40.0 Å². The van der Waals surface area contributed by atoms with Gasteiger partial charge >= 0.3 is 5.97 Å². The summed E-state index contributed by atoms with van der Waals surface area (Å²) >= 11 is 1.41. The number of rotatable bonds is 3. The number of carboxylic acid groups (broad SMARTS) is 1. The smallest absolute Gasteiger partial charge is 0.355 e. The quantitative estimate of drug-likeness (QED) is 0.787. The molecule has 1 aliphatic heterocycles. The Kier molecular flexibility index (Phi) is 3.53. The summed E-state index contributed by atoms with van der Waals surface area (Å²) in [6, 6.07) is 9.93. The number of benzene rings is 1. The number of aromatic carboxylic acids is 1. The maximum Gasteiger partial charge on any atom is 0.355 e. The first-order chi connectivity index (χ1) is 11.6. The van der Waals surface area contributed by atoms with Gasteiger partial charge in [-0.1, -0.05) is 23.4 Å². The van der Waals surface area contributed by atoms with Crippen molar-refractivity contribution in [1.82, 2.24) is 20.0 Å². The monoisotopic (exact) mass is 341 g/mol. The highest BCUT2D eigenvalue weighted by Crippen LogP contribution is 2.30. The average molecular weight is 341 g/mol. The van der Waals surface area contributed by atoms with Gasteiger partial charge in [0, 0.05) is 17.8 Å². The minimum absolute atomic E-state index is 0.133. The molecule has 4 rings (SSSR count). The van der Waals surface area contributed by atoms with E-state index in [1.54, 1.807) is 6.92 Å². The van der Waals surface area contributed by atoms with Gasteiger partial charge in [-0.2, -0.15) is 0 Å². The van der Waals surface area contributed by atoms with Gasteiger partial charge in [-0.3, -0.25) is 0 Å². The summed E-state index contributed by atoms with van der Waals surface area (Å²) in [7, 11) is 0. The van der Waals surface area contributed by atoms with Gasteiger partial charge in [0.15, 0.2) is 10.8 Å². The van der Waals surface area contributed by atoms with Gasteiger partial charge in [-0.05, 0) is 19.1 Å². The van der Waals surface area contributed by atoms with Crippen LogP contribution in [0.15, 0.2) is 30.3 Å². The van der Waals surface area contributed by atoms with Crippen molar-refractivity contribution in [2.24, 2.45) is 0 Å². The van der Waals surface area contributed by atoms with Crippen LogP contribution in [0, 0.1) is 6.92 Å². The van der Waals surface area contributed by atoms with Crippen LogP contribution in [-0.2, 0) is 13.0 Å². The van der Waals surface area contributed by atoms with Crippen LogP contribution in [0.4, 0.5) is 5.13 Å². The summed E-state index contributed by atoms with van der Waals surface area (Å²) in [5.74, 6) is -0.984. The van der Waals surface area contributed by atoms with Crippen molar-refractivity contribution in [3.63, 3.8) is 0 Å². The molecule has 7 nitrogen and oxygen atoms in total. The predicted molar refractivity (Wildman–Crippen MR) is 89.9 cm³/mol. The standard InChI is InChI=1S/C16H15N5O2S/c1-10-14(15(22)23)17-16(24-10)20-8-7-13-12(9-20)18-19-21(13)11-5-3-2-4-6-11/h2-6H,7-9H2,1H3,(H,22,23). The number of nitrogens with zero attached hydrogens (tertiary/aromatic N) is 5. The lowest BCUT2D eigenvalue weighted by molar-refractivity contribution is 0.0690. The first-order valence-electron chi connectivity index (χ1n) is 7.58. The van der Waals surface area contributed by atoms with Crippen molar-refractivity contribution in [3.8, 4) is 5.69 Å². The van der Waals surface area contributed by atoms with Crippen molar-refractivity contribution in [3.05, 3.63) is 52.3 Å². The molecule has 0 bridgehead atoms. The fourth-order valence-electron chi connectivity index (χ4n) is 2.86. The number of para-hydroxylation sites is 1. The molecule has 1 N–H and O–H groups in total. The van der Waals surface area contributed by atoms with E-state index in [4.69, 9.17) is 5.11 Å². The van der Waals surface area contributed by atoms with Crippen LogP contribution in [0.2, 0.25) is 0 Å². The van der Waals surface area contributed by atoms with E-state index in [9.17, 15) is 4.79 Å². The highest BCUT2D eigenvalue weighted by Gasteiger charge is 2.26. The first kappa shape index (κ1) is 14.8. The van der Waals surface area contributed by atoms with Gasteiger partial charge in [0.2, 0.25) is 0 Å². The van der Waals surface area contributed by atoms with Crippen LogP contribution >= 0.6 is 11.3 Å². The van der Waals surface area contributed by atoms with E-state index >= 15 is 0 Å². The van der Waals surface area contributed by atoms with Gasteiger partial charge < -0.3 is 10.0 Å². The molecule has 24 heavy (non-hydrogen) atoms. The third kappa shape index (κ3) is 2.44. The topological polar surface area (TPSA) is 84.1 Å². The van der Waals surface area contributed by atoms with Gasteiger partial charge in [-0.25, -0.2) is 14.5 Å². The number of hydrogen-bond acceptors (Lipinski definition) is 6. The number of thiazole rings is 1. The average Bonchev–Trinajstić information content (AvgIpc) is 3.18. The van der Waals surface area contributed by atoms with E-state index < -0.39 is 5.97 Å². The summed E-state index contributed by atoms with van der Waals surface area (Å²) in [5, 5.41) is 18.5. The molecule has 0 unspecified atom stereocenters. The summed E-state index contributed by atoms with van der Waals surface area (Å²) in [6.07, 6.45) is 0.790. The zero-order chi connectivity index (χ0) is 16.7. The van der Waals surface area contributed by atoms with E-state index in [1.807, 2.05) is 35.0 Å². The molecule has 1 aliphatic rings. The summed E-state index contributed by atoms with van der Waals surface area (Å²) in [5.41, 5.74) is 3.14. The Morgan fingerprint density at radius 3 is 2.79 bits per heavy atom. The van der Waals surface area contributed by atoms with Gasteiger partial charge in [0.1, 0.15) is 5.69 Å². The Labute approximate surface area is 142 Å². The van der Waals surface area contributed by atoms with Crippen molar-refractivity contribution < 1.29 is 9.90 Å². The number of carbonyl (C=O) groups is 1. The molecule has 0 fully saturated rings. The maximum atomic E-state index is 11.2. The minimum atomic E-state index is -0.984. The van der Waals surface area contributed by atoms with Gasteiger partial charge in [0.25, 0.3) is 0 Å². The molecule has 0 aliphatic carbocycles. The molecule has 0 radical (unpaired) electrons. The van der Waals surface area contributed by atoms with E-state index in [-0.39, 0.29) is 5.69 Å². The Balaban J connectivity index is 1.62. The molecular formula is C16H15N5O2S. The predicted octanol–water partition coefficient (Wildman–Crippen LogP) is 2.29. The number of fused-ring (bicyclic) bond motifs is 1. The Morgan fingerprint density at radius 1 is 1.29 bits per heavy atom. The molecule has 0 amide bonds. The summed E-state index contributed by atoms with van der Waals surface area (Å²) < 4.78 is 1.88. The Morgan fingerprint density at radius 2 is 2.08 bits per heavy atom. The lowest BCUT2D eigenvalue weighted by Gasteiger charge is -2.25. The normalized spacial score (nSPS) is 13.8. The van der Waals surface area contributed by atoms with E-state index in [0.29, 0.717) is 6.54 Å². The molecule has 3 heterocycles. The van der Waals surface area contributed by atoms with Crippen LogP contribution in [0.3, 0.4) is 0 Å². The number of aromatic nitrogens is 4. The second-order valence-corrected chi connectivity index (χ2v) is 6.79. The molecular weight excluding hydrogens is 326 g/mol. The van der Waals surface area contributed by atoms with Crippen LogP contribution in [0.5, 0.6) is 0 Å². The zero-order valence-electron chi connectivity index (χ0n) is 13.0. The number of hydrogen-bond donors (Lipinski definition) is 1. The Hall–Kier alpha value is -2.74. The second-order valence-electron chi connectivity index (χ2n) is 5.61. The first-order valence-corrected chi connectivity index (χ1v) is 8.39. The SMILES string of the molecule is Cc1sc(N2CCc3c(nnn3-c3ccccc3)C2)nc1C(=O)O. The lowest BCUT2D eigenvalue weighted by atomic mass is 10.1. The van der Waals surface area contributed by atoms with Crippen LogP contribution in [0.1, 0.15) is 26.8 Å². The number of anilines is 1. The van der Waals surface area contributed by atoms with E-state index in [2.05, 4.69) is 20.2 Å². The molecule has 0 saturated carbocycles. The van der Waals surface area contributed by atoms with E-state index in [1.165, 1.54) is 11.3 Å². The van der Waals surface area contributed by atoms with Gasteiger partial charge in [0.05, 0.1) is 17.9 Å². The summed E-state index contributed by atoms with van der Waals surface area (Å²) in [4.78, 5) is 18.2. The molecule has 0 atom stereocenters. The van der Waals surface area contributed by atoms with Crippen molar-refractivity contribution in [1.29, 1.82) is 0 Å². The van der Waals surface area contributed by atoms with Crippen LogP contribution in [-0.4, -0.2) is 37.6 Å². The molecule has 8 heteroatoms. The lowest BCUT2D eigenvalue weighted by Crippen LogP contribution is -2.31. The molecule has 1 aromatic carbocycles. The minimum Gasteiger partial charge on any atom is -0.476 e. The zero-order valence-corrected chi connectivity index (χ0v) is 13.8. The molecule has 0 spiro atoms. The number of aryl methyl sites for hydroxylation is 1. The fourth-order valence-corrected chi connectivity index (χ4v) is 3.79. The third-order valence-electron chi connectivity index (χ3n) is 4.06. The van der Waals surface area contributed by atoms with Crippen LogP contribution in [0.25, 0.3) is 5.69 Å². The van der Waals surface area contributed by atoms with Crippen molar-refractivity contribution in [2.45, 2.75) is 19.9 Å². The third-order valence-corrected chi connectivity index (χ3v) is 5.09. The highest BCUT2D eigenvalue weighted by atomic mass is 32.1. The van der Waals surface area contributed by atoms with Crippen molar-refractivity contribution in [2.75, 3.05) is 11.4 Å². The fraction of sp³-hybridized carbons (Fsp3) is 0.250. The summed E-state index contributed by atoms with van der Waals surface area (Å²) in [6.45, 7) is 3.14. The Bertz CT molecular complexity index is 903. The number of carboxylic acids is 1. The molecule has 3 aromatic rings. The maximum absolute atomic E-state index is 11.2. The van der Waals surface area contributed by atoms with Crippen molar-refractivity contribution >= 4 is 22.4 Å². The molecule has 122 valence electrons. The molecule has 0 saturated heterocycles. The highest BCUT2D eigenvalue weighted by molar-refractivity contribution is 7.15. The second kappa shape index (κ2) is 5.72. The van der Waals surface area contributed by atoms with Crippen LogP contribution < -0.4 is 4.90 Å². The van der Waals surface area contributed by atoms with Gasteiger partial charge in [-0.15, -0.1) is 16.4 Å².